The molecule has 104 valence electrons. The van der Waals surface area contributed by atoms with Crippen molar-refractivity contribution in [3.8, 4) is 0 Å². The SMILES string of the molecule is CCCC[C@H](N)C(=O)N1CCC2(CCCC2)CC1. The minimum absolute atomic E-state index is 0.191. The van der Waals surface area contributed by atoms with Gasteiger partial charge in [0.15, 0.2) is 0 Å². The van der Waals surface area contributed by atoms with E-state index in [0.29, 0.717) is 5.41 Å². The maximum absolute atomic E-state index is 12.2. The first-order chi connectivity index (χ1) is 8.67. The summed E-state index contributed by atoms with van der Waals surface area (Å²) < 4.78 is 0. The first-order valence-corrected chi connectivity index (χ1v) is 7.71. The van der Waals surface area contributed by atoms with E-state index in [-0.39, 0.29) is 11.9 Å². The molecular weight excluding hydrogens is 224 g/mol. The summed E-state index contributed by atoms with van der Waals surface area (Å²) in [4.78, 5) is 14.2. The Hall–Kier alpha value is -0.570. The van der Waals surface area contributed by atoms with Crippen LogP contribution in [0, 0.1) is 5.41 Å². The third-order valence-corrected chi connectivity index (χ3v) is 4.99. The van der Waals surface area contributed by atoms with Crippen LogP contribution in [0.3, 0.4) is 0 Å². The highest BCUT2D eigenvalue weighted by Crippen LogP contribution is 2.46. The van der Waals surface area contributed by atoms with Gasteiger partial charge in [-0.3, -0.25) is 4.79 Å². The number of hydrogen-bond acceptors (Lipinski definition) is 2. The zero-order valence-electron chi connectivity index (χ0n) is 11.8. The predicted molar refractivity (Wildman–Crippen MR) is 74.2 cm³/mol. The molecule has 1 heterocycles. The van der Waals surface area contributed by atoms with Crippen LogP contribution in [0.1, 0.15) is 64.7 Å². The Morgan fingerprint density at radius 3 is 2.39 bits per heavy atom. The summed E-state index contributed by atoms with van der Waals surface area (Å²) >= 11 is 0. The largest absolute Gasteiger partial charge is 0.341 e. The highest BCUT2D eigenvalue weighted by atomic mass is 16.2. The van der Waals surface area contributed by atoms with Crippen LogP contribution in [-0.4, -0.2) is 29.9 Å². The Bertz CT molecular complexity index is 274. The molecule has 1 saturated carbocycles. The number of piperidine rings is 1. The second-order valence-corrected chi connectivity index (χ2v) is 6.28. The average Bonchev–Trinajstić information content (AvgIpc) is 2.84. The van der Waals surface area contributed by atoms with Gasteiger partial charge in [0.05, 0.1) is 6.04 Å². The molecule has 1 aliphatic heterocycles. The first kappa shape index (κ1) is 13.9. The number of rotatable bonds is 4. The standard InChI is InChI=1S/C15H28N2O/c1-2-3-6-13(16)14(18)17-11-9-15(10-12-17)7-4-5-8-15/h13H,2-12,16H2,1H3/t13-/m0/s1. The van der Waals surface area contributed by atoms with Gasteiger partial charge in [0.1, 0.15) is 0 Å². The van der Waals surface area contributed by atoms with Crippen LogP contribution < -0.4 is 5.73 Å². The Balaban J connectivity index is 1.79. The monoisotopic (exact) mass is 252 g/mol. The van der Waals surface area contributed by atoms with Crippen molar-refractivity contribution >= 4 is 5.91 Å². The Labute approximate surface area is 111 Å². The fraction of sp³-hybridized carbons (Fsp3) is 0.933. The molecule has 0 aromatic carbocycles. The van der Waals surface area contributed by atoms with Crippen molar-refractivity contribution in [1.29, 1.82) is 0 Å². The molecule has 1 atom stereocenters. The lowest BCUT2D eigenvalue weighted by atomic mass is 9.77. The fourth-order valence-corrected chi connectivity index (χ4v) is 3.61. The summed E-state index contributed by atoms with van der Waals surface area (Å²) in [5.41, 5.74) is 6.58. The van der Waals surface area contributed by atoms with Crippen molar-refractivity contribution in [2.24, 2.45) is 11.1 Å². The number of hydrogen-bond donors (Lipinski definition) is 1. The summed E-state index contributed by atoms with van der Waals surface area (Å²) in [6, 6.07) is -0.262. The van der Waals surface area contributed by atoms with Gasteiger partial charge in [0.2, 0.25) is 5.91 Å². The molecule has 1 amide bonds. The van der Waals surface area contributed by atoms with Crippen molar-refractivity contribution in [2.75, 3.05) is 13.1 Å². The van der Waals surface area contributed by atoms with Crippen LogP contribution in [0.2, 0.25) is 0 Å². The molecule has 2 rings (SSSR count). The highest BCUT2D eigenvalue weighted by molar-refractivity contribution is 5.81. The Kier molecular flexibility index (Phi) is 4.66. The van der Waals surface area contributed by atoms with Crippen molar-refractivity contribution in [1.82, 2.24) is 4.90 Å². The van der Waals surface area contributed by atoms with Crippen molar-refractivity contribution in [3.63, 3.8) is 0 Å². The quantitative estimate of drug-likeness (QED) is 0.836. The van der Waals surface area contributed by atoms with Crippen molar-refractivity contribution in [2.45, 2.75) is 70.8 Å². The lowest BCUT2D eigenvalue weighted by Gasteiger charge is -2.40. The summed E-state index contributed by atoms with van der Waals surface area (Å²) in [6.45, 7) is 4.03. The third-order valence-electron chi connectivity index (χ3n) is 4.99. The van der Waals surface area contributed by atoms with E-state index in [1.807, 2.05) is 4.90 Å². The molecule has 0 radical (unpaired) electrons. The second kappa shape index (κ2) is 6.05. The lowest BCUT2D eigenvalue weighted by Crippen LogP contribution is -2.48. The molecule has 2 fully saturated rings. The minimum Gasteiger partial charge on any atom is -0.341 e. The number of nitrogens with two attached hydrogens (primary N) is 1. The molecule has 2 N–H and O–H groups in total. The zero-order valence-corrected chi connectivity index (χ0v) is 11.8. The molecule has 1 aliphatic carbocycles. The average molecular weight is 252 g/mol. The van der Waals surface area contributed by atoms with Crippen LogP contribution in [0.25, 0.3) is 0 Å². The van der Waals surface area contributed by atoms with E-state index in [9.17, 15) is 4.79 Å². The van der Waals surface area contributed by atoms with E-state index in [2.05, 4.69) is 6.92 Å². The van der Waals surface area contributed by atoms with Gasteiger partial charge >= 0.3 is 0 Å². The fourth-order valence-electron chi connectivity index (χ4n) is 3.61. The van der Waals surface area contributed by atoms with Crippen molar-refractivity contribution < 1.29 is 4.79 Å². The number of likely N-dealkylation sites (tertiary alicyclic amines) is 1. The van der Waals surface area contributed by atoms with Gasteiger partial charge in [-0.1, -0.05) is 32.6 Å². The van der Waals surface area contributed by atoms with E-state index in [1.165, 1.54) is 38.5 Å². The van der Waals surface area contributed by atoms with Crippen LogP contribution >= 0.6 is 0 Å². The van der Waals surface area contributed by atoms with Crippen LogP contribution in [0.15, 0.2) is 0 Å². The minimum atomic E-state index is -0.262. The van der Waals surface area contributed by atoms with Crippen molar-refractivity contribution in [3.05, 3.63) is 0 Å². The van der Waals surface area contributed by atoms with Gasteiger partial charge in [-0.2, -0.15) is 0 Å². The molecule has 1 saturated heterocycles. The van der Waals surface area contributed by atoms with Crippen LogP contribution in [-0.2, 0) is 4.79 Å². The van der Waals surface area contributed by atoms with E-state index < -0.39 is 0 Å². The molecule has 3 nitrogen and oxygen atoms in total. The van der Waals surface area contributed by atoms with E-state index in [0.717, 1.165) is 32.4 Å². The number of nitrogens with zero attached hydrogens (tertiary/aromatic N) is 1. The zero-order chi connectivity index (χ0) is 13.0. The van der Waals surface area contributed by atoms with Gasteiger partial charge in [0.25, 0.3) is 0 Å². The van der Waals surface area contributed by atoms with E-state index in [4.69, 9.17) is 5.73 Å². The van der Waals surface area contributed by atoms with Crippen LogP contribution in [0.4, 0.5) is 0 Å². The highest BCUT2D eigenvalue weighted by Gasteiger charge is 2.38. The van der Waals surface area contributed by atoms with Gasteiger partial charge in [0, 0.05) is 13.1 Å². The van der Waals surface area contributed by atoms with Gasteiger partial charge in [-0.05, 0) is 37.5 Å². The maximum atomic E-state index is 12.2. The molecule has 1 spiro atoms. The number of carbonyl (C=O) groups excluding carboxylic acids is 1. The molecule has 2 aliphatic rings. The summed E-state index contributed by atoms with van der Waals surface area (Å²) in [5, 5.41) is 0. The normalized spacial score (nSPS) is 24.4. The van der Waals surface area contributed by atoms with Gasteiger partial charge in [-0.15, -0.1) is 0 Å². The number of amides is 1. The topological polar surface area (TPSA) is 46.3 Å². The number of unbranched alkanes of at least 4 members (excludes halogenated alkanes) is 1. The smallest absolute Gasteiger partial charge is 0.239 e. The van der Waals surface area contributed by atoms with Crippen LogP contribution in [0.5, 0.6) is 0 Å². The molecular formula is C15H28N2O. The Morgan fingerprint density at radius 1 is 1.22 bits per heavy atom. The molecule has 0 aromatic rings. The maximum Gasteiger partial charge on any atom is 0.239 e. The van der Waals surface area contributed by atoms with Gasteiger partial charge in [-0.25, -0.2) is 0 Å². The predicted octanol–water partition coefficient (Wildman–Crippen LogP) is 2.69. The summed E-state index contributed by atoms with van der Waals surface area (Å²) in [7, 11) is 0. The first-order valence-electron chi connectivity index (χ1n) is 7.71. The molecule has 0 unspecified atom stereocenters. The molecule has 0 bridgehead atoms. The van der Waals surface area contributed by atoms with E-state index in [1.54, 1.807) is 0 Å². The molecule has 3 heteroatoms. The molecule has 0 aromatic heterocycles. The third kappa shape index (κ3) is 3.05. The molecule has 18 heavy (non-hydrogen) atoms. The van der Waals surface area contributed by atoms with Gasteiger partial charge < -0.3 is 10.6 Å². The van der Waals surface area contributed by atoms with E-state index >= 15 is 0 Å². The lowest BCUT2D eigenvalue weighted by molar-refractivity contribution is -0.135. The second-order valence-electron chi connectivity index (χ2n) is 6.28. The summed E-state index contributed by atoms with van der Waals surface area (Å²) in [6.07, 6.45) is 11.0. The Morgan fingerprint density at radius 2 is 1.83 bits per heavy atom. The summed E-state index contributed by atoms with van der Waals surface area (Å²) in [5.74, 6) is 0.191. The number of carbonyl (C=O) groups is 1.